The molecule has 20 heavy (non-hydrogen) atoms. The molecule has 0 bridgehead atoms. The molecule has 4 nitrogen and oxygen atoms in total. The summed E-state index contributed by atoms with van der Waals surface area (Å²) in [6.45, 7) is 5.36. The van der Waals surface area contributed by atoms with Crippen LogP contribution >= 0.6 is 0 Å². The monoisotopic (exact) mass is 278 g/mol. The molecule has 3 rings (SSSR count). The fourth-order valence-corrected chi connectivity index (χ4v) is 3.42. The third-order valence-corrected chi connectivity index (χ3v) is 5.11. The van der Waals surface area contributed by atoms with E-state index in [9.17, 15) is 5.11 Å². The molecule has 1 N–H and O–H groups in total. The van der Waals surface area contributed by atoms with E-state index in [1.807, 2.05) is 4.68 Å². The van der Waals surface area contributed by atoms with E-state index in [2.05, 4.69) is 26.1 Å². The highest BCUT2D eigenvalue weighted by atomic mass is 16.5. The van der Waals surface area contributed by atoms with Crippen molar-refractivity contribution in [3.63, 3.8) is 0 Å². The lowest BCUT2D eigenvalue weighted by atomic mass is 9.76. The van der Waals surface area contributed by atoms with Crippen molar-refractivity contribution in [2.45, 2.75) is 58.1 Å². The highest BCUT2D eigenvalue weighted by Crippen LogP contribution is 2.49. The van der Waals surface area contributed by atoms with Gasteiger partial charge in [-0.15, -0.1) is 0 Å². The van der Waals surface area contributed by atoms with Crippen molar-refractivity contribution in [2.24, 2.45) is 11.3 Å². The second kappa shape index (κ2) is 5.49. The molecule has 2 fully saturated rings. The Bertz CT molecular complexity index is 455. The van der Waals surface area contributed by atoms with Crippen LogP contribution in [0.5, 0.6) is 0 Å². The molecule has 1 aromatic rings. The van der Waals surface area contributed by atoms with Crippen LogP contribution in [0.15, 0.2) is 12.3 Å². The summed E-state index contributed by atoms with van der Waals surface area (Å²) >= 11 is 0. The number of aliphatic hydroxyl groups excluding tert-OH is 1. The highest BCUT2D eigenvalue weighted by Gasteiger charge is 2.50. The van der Waals surface area contributed by atoms with E-state index in [1.54, 1.807) is 0 Å². The van der Waals surface area contributed by atoms with Crippen molar-refractivity contribution in [3.8, 4) is 0 Å². The van der Waals surface area contributed by atoms with E-state index in [4.69, 9.17) is 9.84 Å². The second-order valence-electron chi connectivity index (χ2n) is 6.62. The summed E-state index contributed by atoms with van der Waals surface area (Å²) in [6, 6.07) is 2.54. The zero-order chi connectivity index (χ0) is 14.2. The SMILES string of the molecule is CCC(C)n1ccc(CC2(CO)CCOC2C2CC2)n1. The molecule has 0 spiro atoms. The number of ether oxygens (including phenoxy) is 1. The molecule has 3 unspecified atom stereocenters. The third kappa shape index (κ3) is 2.51. The molecular weight excluding hydrogens is 252 g/mol. The van der Waals surface area contributed by atoms with Gasteiger partial charge in [0, 0.05) is 30.7 Å². The summed E-state index contributed by atoms with van der Waals surface area (Å²) in [7, 11) is 0. The molecule has 4 heteroatoms. The van der Waals surface area contributed by atoms with Crippen LogP contribution in [0.1, 0.15) is 51.3 Å². The quantitative estimate of drug-likeness (QED) is 0.870. The van der Waals surface area contributed by atoms with Gasteiger partial charge in [-0.2, -0.15) is 5.10 Å². The number of nitrogens with zero attached hydrogens (tertiary/aromatic N) is 2. The van der Waals surface area contributed by atoms with Crippen molar-refractivity contribution >= 4 is 0 Å². The van der Waals surface area contributed by atoms with Gasteiger partial charge in [-0.3, -0.25) is 4.68 Å². The maximum absolute atomic E-state index is 9.97. The number of aliphatic hydroxyl groups is 1. The lowest BCUT2D eigenvalue weighted by Gasteiger charge is -2.31. The molecule has 0 aromatic carbocycles. The predicted molar refractivity (Wildman–Crippen MR) is 77.5 cm³/mol. The largest absolute Gasteiger partial charge is 0.396 e. The molecule has 2 heterocycles. The van der Waals surface area contributed by atoms with Crippen LogP contribution in [-0.4, -0.2) is 34.2 Å². The van der Waals surface area contributed by atoms with E-state index in [0.29, 0.717) is 12.0 Å². The van der Waals surface area contributed by atoms with Crippen LogP contribution in [0, 0.1) is 11.3 Å². The summed E-state index contributed by atoms with van der Waals surface area (Å²) in [5.74, 6) is 0.668. The van der Waals surface area contributed by atoms with Gasteiger partial charge in [0.05, 0.1) is 18.4 Å². The van der Waals surface area contributed by atoms with Crippen molar-refractivity contribution < 1.29 is 9.84 Å². The first-order chi connectivity index (χ1) is 9.68. The Morgan fingerprint density at radius 2 is 2.35 bits per heavy atom. The first-order valence-electron chi connectivity index (χ1n) is 7.95. The Kier molecular flexibility index (Phi) is 3.87. The third-order valence-electron chi connectivity index (χ3n) is 5.11. The standard InChI is InChI=1S/C16H26N2O2/c1-3-12(2)18-8-6-14(17-18)10-16(11-19)7-9-20-15(16)13-4-5-13/h6,8,12-13,15,19H,3-5,7,9-11H2,1-2H3. The molecule has 3 atom stereocenters. The molecule has 1 saturated carbocycles. The fraction of sp³-hybridized carbons (Fsp3) is 0.812. The van der Waals surface area contributed by atoms with Gasteiger partial charge < -0.3 is 9.84 Å². The molecule has 1 saturated heterocycles. The molecule has 2 aliphatic rings. The normalized spacial score (nSPS) is 31.6. The Balaban J connectivity index is 1.75. The summed E-state index contributed by atoms with van der Waals surface area (Å²) in [4.78, 5) is 0. The average Bonchev–Trinajstić information content (AvgIpc) is 3.06. The van der Waals surface area contributed by atoms with Gasteiger partial charge in [0.25, 0.3) is 0 Å². The Hall–Kier alpha value is -0.870. The van der Waals surface area contributed by atoms with E-state index in [1.165, 1.54) is 12.8 Å². The van der Waals surface area contributed by atoms with Crippen LogP contribution < -0.4 is 0 Å². The summed E-state index contributed by atoms with van der Waals surface area (Å²) < 4.78 is 7.98. The van der Waals surface area contributed by atoms with Gasteiger partial charge in [0.1, 0.15) is 0 Å². The predicted octanol–water partition coefficient (Wildman–Crippen LogP) is 2.57. The molecule has 1 aliphatic heterocycles. The first kappa shape index (κ1) is 14.1. The van der Waals surface area contributed by atoms with Crippen molar-refractivity contribution in [3.05, 3.63) is 18.0 Å². The molecular formula is C16H26N2O2. The van der Waals surface area contributed by atoms with Crippen LogP contribution in [0.4, 0.5) is 0 Å². The Morgan fingerprint density at radius 1 is 1.55 bits per heavy atom. The van der Waals surface area contributed by atoms with Crippen molar-refractivity contribution in [1.29, 1.82) is 0 Å². The van der Waals surface area contributed by atoms with Crippen LogP contribution in [0.3, 0.4) is 0 Å². The van der Waals surface area contributed by atoms with Crippen molar-refractivity contribution in [2.75, 3.05) is 13.2 Å². The molecule has 1 aromatic heterocycles. The smallest absolute Gasteiger partial charge is 0.0686 e. The van der Waals surface area contributed by atoms with Gasteiger partial charge in [-0.05, 0) is 44.6 Å². The fourth-order valence-electron chi connectivity index (χ4n) is 3.42. The Morgan fingerprint density at radius 3 is 3.00 bits per heavy atom. The highest BCUT2D eigenvalue weighted by molar-refractivity contribution is 5.09. The zero-order valence-electron chi connectivity index (χ0n) is 12.6. The summed E-state index contributed by atoms with van der Waals surface area (Å²) in [6.07, 6.45) is 7.70. The van der Waals surface area contributed by atoms with Gasteiger partial charge in [-0.1, -0.05) is 6.92 Å². The topological polar surface area (TPSA) is 47.3 Å². The minimum absolute atomic E-state index is 0.101. The Labute approximate surface area is 121 Å². The van der Waals surface area contributed by atoms with Crippen LogP contribution in [0.2, 0.25) is 0 Å². The number of aromatic nitrogens is 2. The van der Waals surface area contributed by atoms with Gasteiger partial charge in [0.15, 0.2) is 0 Å². The number of hydrogen-bond acceptors (Lipinski definition) is 3. The van der Waals surface area contributed by atoms with Crippen molar-refractivity contribution in [1.82, 2.24) is 9.78 Å². The van der Waals surface area contributed by atoms with Crippen LogP contribution in [-0.2, 0) is 11.2 Å². The minimum Gasteiger partial charge on any atom is -0.396 e. The molecule has 112 valence electrons. The van der Waals surface area contributed by atoms with Gasteiger partial charge in [0.2, 0.25) is 0 Å². The van der Waals surface area contributed by atoms with Gasteiger partial charge in [-0.25, -0.2) is 0 Å². The van der Waals surface area contributed by atoms with E-state index in [-0.39, 0.29) is 18.1 Å². The van der Waals surface area contributed by atoms with Gasteiger partial charge >= 0.3 is 0 Å². The summed E-state index contributed by atoms with van der Waals surface area (Å²) in [5, 5.41) is 14.7. The molecule has 1 aliphatic carbocycles. The van der Waals surface area contributed by atoms with E-state index < -0.39 is 0 Å². The maximum Gasteiger partial charge on any atom is 0.0686 e. The minimum atomic E-state index is -0.101. The molecule has 0 radical (unpaired) electrons. The zero-order valence-corrected chi connectivity index (χ0v) is 12.6. The molecule has 0 amide bonds. The van der Waals surface area contributed by atoms with E-state index >= 15 is 0 Å². The van der Waals surface area contributed by atoms with Crippen LogP contribution in [0.25, 0.3) is 0 Å². The number of rotatable bonds is 6. The average molecular weight is 278 g/mol. The number of hydrogen-bond donors (Lipinski definition) is 1. The van der Waals surface area contributed by atoms with E-state index in [0.717, 1.165) is 31.6 Å². The summed E-state index contributed by atoms with van der Waals surface area (Å²) in [5.41, 5.74) is 0.992. The second-order valence-corrected chi connectivity index (χ2v) is 6.62. The maximum atomic E-state index is 9.97. The first-order valence-corrected chi connectivity index (χ1v) is 7.95. The lowest BCUT2D eigenvalue weighted by Crippen LogP contribution is -2.38. The lowest BCUT2D eigenvalue weighted by molar-refractivity contribution is 0.0000179.